The first-order valence-corrected chi connectivity index (χ1v) is 7.63. The van der Waals surface area contributed by atoms with Crippen LogP contribution in [-0.2, 0) is 20.7 Å². The number of carbonyl (C=O) groups is 2. The Bertz CT molecular complexity index is 541. The molecule has 1 unspecified atom stereocenters. The van der Waals surface area contributed by atoms with Gasteiger partial charge in [-0.1, -0.05) is 12.1 Å². The number of nitrogens with one attached hydrogen (secondary N) is 1. The van der Waals surface area contributed by atoms with Crippen LogP contribution in [0.2, 0.25) is 0 Å². The molecule has 1 saturated heterocycles. The number of aromatic nitrogens is 1. The number of hydrogen-bond donors (Lipinski definition) is 1. The molecular formula is C15H23N3O4. The van der Waals surface area contributed by atoms with Crippen molar-refractivity contribution in [1.82, 2.24) is 10.1 Å². The molecule has 2 amide bonds. The van der Waals surface area contributed by atoms with Gasteiger partial charge in [0.1, 0.15) is 17.5 Å². The Balaban J connectivity index is 2.01. The fourth-order valence-corrected chi connectivity index (χ4v) is 2.62. The SMILES string of the molecule is CCc1onc(C)c1NC(=O)CN1CCCCC(OC)C1=O. The molecule has 2 rings (SSSR count). The van der Waals surface area contributed by atoms with Gasteiger partial charge in [-0.05, 0) is 26.2 Å². The minimum atomic E-state index is -0.446. The molecule has 0 radical (unpaired) electrons. The van der Waals surface area contributed by atoms with Crippen molar-refractivity contribution in [2.45, 2.75) is 45.6 Å². The van der Waals surface area contributed by atoms with Crippen molar-refractivity contribution in [1.29, 1.82) is 0 Å². The molecule has 0 bridgehead atoms. The number of hydrogen-bond acceptors (Lipinski definition) is 5. The second-order valence-electron chi connectivity index (χ2n) is 5.45. The molecule has 122 valence electrons. The molecule has 1 aliphatic heterocycles. The number of ether oxygens (including phenoxy) is 1. The van der Waals surface area contributed by atoms with Crippen molar-refractivity contribution in [2.75, 3.05) is 25.5 Å². The minimum Gasteiger partial charge on any atom is -0.372 e. The van der Waals surface area contributed by atoms with Crippen LogP contribution in [0.1, 0.15) is 37.6 Å². The third kappa shape index (κ3) is 3.65. The van der Waals surface area contributed by atoms with Crippen molar-refractivity contribution in [3.63, 3.8) is 0 Å². The van der Waals surface area contributed by atoms with Crippen molar-refractivity contribution in [3.8, 4) is 0 Å². The molecule has 1 aromatic rings. The number of likely N-dealkylation sites (tertiary alicyclic amines) is 1. The summed E-state index contributed by atoms with van der Waals surface area (Å²) in [6, 6.07) is 0. The van der Waals surface area contributed by atoms with E-state index in [1.54, 1.807) is 11.8 Å². The Morgan fingerprint density at radius 3 is 2.95 bits per heavy atom. The maximum absolute atomic E-state index is 12.3. The number of carbonyl (C=O) groups excluding carboxylic acids is 2. The predicted octanol–water partition coefficient (Wildman–Crippen LogP) is 1.51. The summed E-state index contributed by atoms with van der Waals surface area (Å²) < 4.78 is 10.4. The van der Waals surface area contributed by atoms with Crippen molar-refractivity contribution < 1.29 is 18.8 Å². The minimum absolute atomic E-state index is 0.0203. The Labute approximate surface area is 130 Å². The van der Waals surface area contributed by atoms with Crippen LogP contribution in [-0.4, -0.2) is 48.2 Å². The monoisotopic (exact) mass is 309 g/mol. The Hall–Kier alpha value is -1.89. The summed E-state index contributed by atoms with van der Waals surface area (Å²) in [5.74, 6) is 0.279. The first-order chi connectivity index (χ1) is 10.6. The number of rotatable bonds is 5. The summed E-state index contributed by atoms with van der Waals surface area (Å²) in [6.07, 6.45) is 2.71. The summed E-state index contributed by atoms with van der Waals surface area (Å²) in [6.45, 7) is 4.30. The fourth-order valence-electron chi connectivity index (χ4n) is 2.62. The van der Waals surface area contributed by atoms with Crippen LogP contribution in [0.4, 0.5) is 5.69 Å². The van der Waals surface area contributed by atoms with Gasteiger partial charge in [-0.3, -0.25) is 9.59 Å². The van der Waals surface area contributed by atoms with E-state index >= 15 is 0 Å². The third-order valence-corrected chi connectivity index (χ3v) is 3.87. The van der Waals surface area contributed by atoms with Crippen LogP contribution < -0.4 is 5.32 Å². The lowest BCUT2D eigenvalue weighted by Crippen LogP contribution is -2.43. The first kappa shape index (κ1) is 16.5. The maximum Gasteiger partial charge on any atom is 0.252 e. The maximum atomic E-state index is 12.3. The number of nitrogens with zero attached hydrogens (tertiary/aromatic N) is 2. The van der Waals surface area contributed by atoms with Crippen molar-refractivity contribution in [2.24, 2.45) is 0 Å². The lowest BCUT2D eigenvalue weighted by molar-refractivity contribution is -0.143. The van der Waals surface area contributed by atoms with Crippen LogP contribution in [0.3, 0.4) is 0 Å². The van der Waals surface area contributed by atoms with Gasteiger partial charge in [-0.2, -0.15) is 0 Å². The van der Waals surface area contributed by atoms with Crippen molar-refractivity contribution >= 4 is 17.5 Å². The molecule has 22 heavy (non-hydrogen) atoms. The zero-order chi connectivity index (χ0) is 16.1. The van der Waals surface area contributed by atoms with Crippen molar-refractivity contribution in [3.05, 3.63) is 11.5 Å². The number of anilines is 1. The molecule has 0 saturated carbocycles. The van der Waals surface area contributed by atoms with Gasteiger partial charge in [0.2, 0.25) is 5.91 Å². The molecule has 1 atom stereocenters. The van der Waals surface area contributed by atoms with E-state index in [0.717, 1.165) is 12.8 Å². The molecule has 1 fully saturated rings. The van der Waals surface area contributed by atoms with Crippen LogP contribution in [0.5, 0.6) is 0 Å². The van der Waals surface area contributed by atoms with Gasteiger partial charge in [-0.15, -0.1) is 0 Å². The number of methoxy groups -OCH3 is 1. The van der Waals surface area contributed by atoms with Gasteiger partial charge < -0.3 is 19.5 Å². The molecule has 7 heteroatoms. The quantitative estimate of drug-likeness (QED) is 0.891. The zero-order valence-electron chi connectivity index (χ0n) is 13.3. The van der Waals surface area contributed by atoms with Gasteiger partial charge in [0.05, 0.1) is 6.54 Å². The average Bonchev–Trinajstić information content (AvgIpc) is 2.75. The third-order valence-electron chi connectivity index (χ3n) is 3.87. The molecule has 7 nitrogen and oxygen atoms in total. The van der Waals surface area contributed by atoms with E-state index in [4.69, 9.17) is 9.26 Å². The fraction of sp³-hybridized carbons (Fsp3) is 0.667. The van der Waals surface area contributed by atoms with Gasteiger partial charge >= 0.3 is 0 Å². The van der Waals surface area contributed by atoms with E-state index in [2.05, 4.69) is 10.5 Å². The molecular weight excluding hydrogens is 286 g/mol. The van der Waals surface area contributed by atoms with Crippen LogP contribution in [0.25, 0.3) is 0 Å². The van der Waals surface area contributed by atoms with E-state index < -0.39 is 6.10 Å². The highest BCUT2D eigenvalue weighted by molar-refractivity contribution is 5.95. The molecule has 1 aliphatic rings. The standard InChI is InChI=1S/C15H23N3O4/c1-4-11-14(10(2)17-22-11)16-13(19)9-18-8-6-5-7-12(21-3)15(18)20/h12H,4-9H2,1-3H3,(H,16,19). The normalized spacial score (nSPS) is 19.1. The number of aryl methyl sites for hydroxylation is 2. The van der Waals surface area contributed by atoms with Gasteiger partial charge in [0.25, 0.3) is 5.91 Å². The van der Waals surface area contributed by atoms with E-state index in [1.165, 1.54) is 7.11 Å². The lowest BCUT2D eigenvalue weighted by Gasteiger charge is -2.23. The molecule has 0 aliphatic carbocycles. The largest absolute Gasteiger partial charge is 0.372 e. The topological polar surface area (TPSA) is 84.7 Å². The second-order valence-corrected chi connectivity index (χ2v) is 5.45. The lowest BCUT2D eigenvalue weighted by atomic mass is 10.2. The molecule has 2 heterocycles. The van der Waals surface area contributed by atoms with E-state index in [1.807, 2.05) is 6.92 Å². The Morgan fingerprint density at radius 1 is 1.50 bits per heavy atom. The molecule has 1 aromatic heterocycles. The molecule has 0 spiro atoms. The van der Waals surface area contributed by atoms with Crippen LogP contribution in [0.15, 0.2) is 4.52 Å². The predicted molar refractivity (Wildman–Crippen MR) is 80.5 cm³/mol. The number of amides is 2. The second kappa shape index (κ2) is 7.40. The van der Waals surface area contributed by atoms with E-state index in [-0.39, 0.29) is 18.4 Å². The summed E-state index contributed by atoms with van der Waals surface area (Å²) in [7, 11) is 1.53. The van der Waals surface area contributed by atoms with Gasteiger partial charge in [-0.25, -0.2) is 0 Å². The highest BCUT2D eigenvalue weighted by Gasteiger charge is 2.28. The zero-order valence-corrected chi connectivity index (χ0v) is 13.3. The summed E-state index contributed by atoms with van der Waals surface area (Å²) in [5, 5.41) is 6.65. The van der Waals surface area contributed by atoms with Crippen LogP contribution >= 0.6 is 0 Å². The summed E-state index contributed by atoms with van der Waals surface area (Å²) >= 11 is 0. The Kier molecular flexibility index (Phi) is 5.54. The van der Waals surface area contributed by atoms with Crippen LogP contribution in [0, 0.1) is 6.92 Å². The smallest absolute Gasteiger partial charge is 0.252 e. The first-order valence-electron chi connectivity index (χ1n) is 7.63. The van der Waals surface area contributed by atoms with Gasteiger partial charge in [0.15, 0.2) is 5.76 Å². The molecule has 0 aromatic carbocycles. The molecule has 1 N–H and O–H groups in total. The Morgan fingerprint density at radius 2 is 2.27 bits per heavy atom. The van der Waals surface area contributed by atoms with Gasteiger partial charge in [0, 0.05) is 20.1 Å². The average molecular weight is 309 g/mol. The van der Waals surface area contributed by atoms with E-state index in [0.29, 0.717) is 36.5 Å². The summed E-state index contributed by atoms with van der Waals surface area (Å²) in [4.78, 5) is 26.1. The van der Waals surface area contributed by atoms with E-state index in [9.17, 15) is 9.59 Å². The summed E-state index contributed by atoms with van der Waals surface area (Å²) in [5.41, 5.74) is 1.25. The highest BCUT2D eigenvalue weighted by Crippen LogP contribution is 2.21. The highest BCUT2D eigenvalue weighted by atomic mass is 16.5.